The number of anilines is 1. The fourth-order valence-corrected chi connectivity index (χ4v) is 5.78. The van der Waals surface area contributed by atoms with Crippen LogP contribution in [0, 0.1) is 23.7 Å². The molecule has 2 bridgehead atoms. The molecule has 0 aromatic heterocycles. The molecule has 3 nitrogen and oxygen atoms in total. The van der Waals surface area contributed by atoms with Crippen molar-refractivity contribution in [1.82, 2.24) is 0 Å². The van der Waals surface area contributed by atoms with Gasteiger partial charge in [0.2, 0.25) is 11.8 Å². The second-order valence-corrected chi connectivity index (χ2v) is 8.98. The zero-order valence-corrected chi connectivity index (χ0v) is 17.9. The van der Waals surface area contributed by atoms with Gasteiger partial charge in [0.15, 0.2) is 0 Å². The molecule has 32 heavy (non-hydrogen) atoms. The summed E-state index contributed by atoms with van der Waals surface area (Å²) in [4.78, 5) is 28.4. The topological polar surface area (TPSA) is 37.4 Å². The lowest BCUT2D eigenvalue weighted by Crippen LogP contribution is -2.33. The fraction of sp³-hybridized carbons (Fsp3) is 0.143. The highest BCUT2D eigenvalue weighted by molar-refractivity contribution is 6.31. The van der Waals surface area contributed by atoms with Crippen molar-refractivity contribution in [3.8, 4) is 0 Å². The number of carbonyl (C=O) groups excluding carboxylic acids is 2. The van der Waals surface area contributed by atoms with Crippen LogP contribution in [0.2, 0.25) is 5.02 Å². The SMILES string of the molecule is O=C1[C@H]2[C@H](C(=O)N1c1ccc(Cl)cc1)[C@H]1C=C[C@@H]2C1=C(c1ccccc1)c1ccccc1. The Hall–Kier alpha value is -3.43. The summed E-state index contributed by atoms with van der Waals surface area (Å²) in [5.74, 6) is -1.09. The van der Waals surface area contributed by atoms with Crippen LogP contribution in [-0.2, 0) is 9.59 Å². The third kappa shape index (κ3) is 2.74. The molecular weight excluding hydrogens is 418 g/mol. The minimum Gasteiger partial charge on any atom is -0.274 e. The van der Waals surface area contributed by atoms with Crippen LogP contribution in [-0.4, -0.2) is 11.8 Å². The van der Waals surface area contributed by atoms with Crippen LogP contribution >= 0.6 is 11.6 Å². The first-order valence-corrected chi connectivity index (χ1v) is 11.2. The lowest BCUT2D eigenvalue weighted by molar-refractivity contribution is -0.122. The van der Waals surface area contributed by atoms with Gasteiger partial charge >= 0.3 is 0 Å². The van der Waals surface area contributed by atoms with Gasteiger partial charge < -0.3 is 0 Å². The first kappa shape index (κ1) is 19.3. The minimum absolute atomic E-state index is 0.0748. The zero-order chi connectivity index (χ0) is 21.8. The number of rotatable bonds is 3. The number of imide groups is 1. The maximum atomic E-state index is 13.5. The van der Waals surface area contributed by atoms with E-state index in [9.17, 15) is 9.59 Å². The van der Waals surface area contributed by atoms with Crippen molar-refractivity contribution in [1.29, 1.82) is 0 Å². The number of fused-ring (bicyclic) bond motifs is 5. The van der Waals surface area contributed by atoms with Crippen molar-refractivity contribution in [2.75, 3.05) is 4.90 Å². The molecule has 1 saturated heterocycles. The van der Waals surface area contributed by atoms with Crippen LogP contribution in [0.5, 0.6) is 0 Å². The van der Waals surface area contributed by atoms with Crippen molar-refractivity contribution in [2.24, 2.45) is 23.7 Å². The third-order valence-corrected chi connectivity index (χ3v) is 7.17. The number of benzene rings is 3. The highest BCUT2D eigenvalue weighted by atomic mass is 35.5. The number of nitrogens with zero attached hydrogens (tertiary/aromatic N) is 1. The number of allylic oxidation sites excluding steroid dienone is 3. The van der Waals surface area contributed by atoms with Crippen LogP contribution < -0.4 is 4.90 Å². The monoisotopic (exact) mass is 437 g/mol. The Bertz CT molecular complexity index is 1200. The van der Waals surface area contributed by atoms with Gasteiger partial charge in [0.05, 0.1) is 17.5 Å². The molecule has 0 N–H and O–H groups in total. The van der Waals surface area contributed by atoms with Gasteiger partial charge in [0, 0.05) is 16.9 Å². The van der Waals surface area contributed by atoms with E-state index in [-0.39, 0.29) is 35.5 Å². The molecule has 2 aliphatic carbocycles. The molecule has 6 rings (SSSR count). The Morgan fingerprint density at radius 3 is 1.59 bits per heavy atom. The Kier molecular flexibility index (Phi) is 4.41. The number of halogens is 1. The van der Waals surface area contributed by atoms with E-state index < -0.39 is 0 Å². The molecule has 3 aliphatic rings. The van der Waals surface area contributed by atoms with Crippen LogP contribution in [0.25, 0.3) is 5.57 Å². The van der Waals surface area contributed by atoms with Crippen LogP contribution in [0.1, 0.15) is 11.1 Å². The number of hydrogen-bond acceptors (Lipinski definition) is 2. The fourth-order valence-electron chi connectivity index (χ4n) is 5.65. The largest absolute Gasteiger partial charge is 0.274 e. The van der Waals surface area contributed by atoms with Crippen molar-refractivity contribution in [2.45, 2.75) is 0 Å². The zero-order valence-electron chi connectivity index (χ0n) is 17.2. The Balaban J connectivity index is 1.48. The average molecular weight is 438 g/mol. The summed E-state index contributed by atoms with van der Waals surface area (Å²) in [6.45, 7) is 0. The summed E-state index contributed by atoms with van der Waals surface area (Å²) in [6, 6.07) is 27.5. The predicted molar refractivity (Wildman–Crippen MR) is 126 cm³/mol. The van der Waals surface area contributed by atoms with Crippen molar-refractivity contribution < 1.29 is 9.59 Å². The van der Waals surface area contributed by atoms with Gasteiger partial charge in [-0.15, -0.1) is 0 Å². The van der Waals surface area contributed by atoms with Crippen molar-refractivity contribution >= 4 is 34.7 Å². The highest BCUT2D eigenvalue weighted by Gasteiger charge is 2.62. The molecule has 2 fully saturated rings. The van der Waals surface area contributed by atoms with E-state index in [1.807, 2.05) is 36.4 Å². The van der Waals surface area contributed by atoms with Gasteiger partial charge in [-0.3, -0.25) is 9.59 Å². The standard InChI is InChI=1S/C28H20ClNO2/c29-19-11-13-20(14-12-19)30-27(31)25-21-15-16-22(26(25)28(30)32)24(21)23(17-7-3-1-4-8-17)18-9-5-2-6-10-18/h1-16,21-22,25-26H/t21-,22+,25-,26-/m1/s1. The summed E-state index contributed by atoms with van der Waals surface area (Å²) in [7, 11) is 0. The van der Waals surface area contributed by atoms with Gasteiger partial charge in [0.1, 0.15) is 0 Å². The van der Waals surface area contributed by atoms with Crippen LogP contribution in [0.4, 0.5) is 5.69 Å². The smallest absolute Gasteiger partial charge is 0.238 e. The number of carbonyl (C=O) groups is 2. The summed E-state index contributed by atoms with van der Waals surface area (Å²) in [5, 5.41) is 0.579. The van der Waals surface area contributed by atoms with Gasteiger partial charge in [0.25, 0.3) is 0 Å². The second-order valence-electron chi connectivity index (χ2n) is 8.54. The Morgan fingerprint density at radius 1 is 0.656 bits per heavy atom. The maximum Gasteiger partial charge on any atom is 0.238 e. The van der Waals surface area contributed by atoms with E-state index in [1.54, 1.807) is 24.3 Å². The summed E-state index contributed by atoms with van der Waals surface area (Å²) >= 11 is 6.01. The molecule has 0 spiro atoms. The normalized spacial score (nSPS) is 25.5. The highest BCUT2D eigenvalue weighted by Crippen LogP contribution is 2.58. The molecular formula is C28H20ClNO2. The molecule has 1 heterocycles. The number of amides is 2. The van der Waals surface area contributed by atoms with E-state index in [0.717, 1.165) is 16.7 Å². The lowest BCUT2D eigenvalue weighted by atomic mass is 9.85. The molecule has 4 heteroatoms. The summed E-state index contributed by atoms with van der Waals surface area (Å²) in [5.41, 5.74) is 5.15. The van der Waals surface area contributed by atoms with E-state index in [0.29, 0.717) is 10.7 Å². The molecule has 3 aromatic carbocycles. The van der Waals surface area contributed by atoms with E-state index >= 15 is 0 Å². The molecule has 4 atom stereocenters. The van der Waals surface area contributed by atoms with Crippen molar-refractivity contribution in [3.05, 3.63) is 119 Å². The van der Waals surface area contributed by atoms with E-state index in [4.69, 9.17) is 11.6 Å². The summed E-state index contributed by atoms with van der Waals surface area (Å²) in [6.07, 6.45) is 4.26. The third-order valence-electron chi connectivity index (χ3n) is 6.91. The molecule has 156 valence electrons. The van der Waals surface area contributed by atoms with E-state index in [1.165, 1.54) is 10.5 Å². The van der Waals surface area contributed by atoms with Gasteiger partial charge in [-0.25, -0.2) is 4.90 Å². The van der Waals surface area contributed by atoms with Crippen LogP contribution in [0.15, 0.2) is 103 Å². The first-order chi connectivity index (χ1) is 15.6. The molecule has 1 aliphatic heterocycles. The molecule has 1 saturated carbocycles. The average Bonchev–Trinajstić information content (AvgIpc) is 3.46. The Labute approximate surface area is 191 Å². The van der Waals surface area contributed by atoms with E-state index in [2.05, 4.69) is 36.4 Å². The van der Waals surface area contributed by atoms with Crippen LogP contribution in [0.3, 0.4) is 0 Å². The second kappa shape index (κ2) is 7.32. The van der Waals surface area contributed by atoms with Crippen molar-refractivity contribution in [3.63, 3.8) is 0 Å². The summed E-state index contributed by atoms with van der Waals surface area (Å²) < 4.78 is 0. The van der Waals surface area contributed by atoms with Gasteiger partial charge in [-0.1, -0.05) is 84.4 Å². The Morgan fingerprint density at radius 2 is 1.12 bits per heavy atom. The first-order valence-electron chi connectivity index (χ1n) is 10.8. The van der Waals surface area contributed by atoms with Gasteiger partial charge in [-0.05, 0) is 46.5 Å². The maximum absolute atomic E-state index is 13.5. The van der Waals surface area contributed by atoms with Gasteiger partial charge in [-0.2, -0.15) is 0 Å². The quantitative estimate of drug-likeness (QED) is 0.385. The molecule has 0 radical (unpaired) electrons. The molecule has 3 aromatic rings. The molecule has 0 unspecified atom stereocenters. The minimum atomic E-state index is -0.356. The lowest BCUT2D eigenvalue weighted by Gasteiger charge is -2.21. The number of hydrogen-bond donors (Lipinski definition) is 0. The predicted octanol–water partition coefficient (Wildman–Crippen LogP) is 5.76. The molecule has 2 amide bonds.